The number of carboxylic acids is 2. The molecular weight excluding hydrogens is 184 g/mol. The van der Waals surface area contributed by atoms with Gasteiger partial charge < -0.3 is 30.0 Å². The molecule has 0 amide bonds. The fourth-order valence-electron chi connectivity index (χ4n) is 0.542. The third kappa shape index (κ3) is 3.63. The summed E-state index contributed by atoms with van der Waals surface area (Å²) in [4.78, 5) is 30.0. The molecule has 2 N–H and O–H groups in total. The molecule has 0 bridgehead atoms. The third-order valence-corrected chi connectivity index (χ3v) is 1.23. The zero-order chi connectivity index (χ0) is 10.6. The molecule has 7 nitrogen and oxygen atoms in total. The lowest BCUT2D eigenvalue weighted by Gasteiger charge is -2.17. The molecule has 0 unspecified atom stereocenters. The Labute approximate surface area is 72.2 Å². The number of aliphatic hydroxyl groups excluding tert-OH is 2. The standard InChI is InChI=1S/C6H8O7/c7-2(4(9)6(12)13)1-3(8)5(10)11/h2,4,7,9H,1H2,(H,10,11)(H,12,13)/p-2/t2-,4+/m1/s1. The number of hydrogen-bond donors (Lipinski definition) is 2. The summed E-state index contributed by atoms with van der Waals surface area (Å²) in [5, 5.41) is 37.0. The van der Waals surface area contributed by atoms with Crippen molar-refractivity contribution in [3.8, 4) is 0 Å². The number of carbonyl (C=O) groups is 3. The quantitative estimate of drug-likeness (QED) is 0.414. The second-order valence-electron chi connectivity index (χ2n) is 2.25. The van der Waals surface area contributed by atoms with Crippen LogP contribution in [-0.2, 0) is 14.4 Å². The van der Waals surface area contributed by atoms with E-state index in [-0.39, 0.29) is 0 Å². The van der Waals surface area contributed by atoms with E-state index in [1.165, 1.54) is 0 Å². The van der Waals surface area contributed by atoms with Gasteiger partial charge in [0.2, 0.25) is 0 Å². The summed E-state index contributed by atoms with van der Waals surface area (Å²) >= 11 is 0. The van der Waals surface area contributed by atoms with Gasteiger partial charge in [0, 0.05) is 6.42 Å². The van der Waals surface area contributed by atoms with Gasteiger partial charge in [-0.1, -0.05) is 0 Å². The van der Waals surface area contributed by atoms with Crippen LogP contribution < -0.4 is 10.2 Å². The topological polar surface area (TPSA) is 138 Å². The molecule has 7 heteroatoms. The Bertz CT molecular complexity index is 233. The Hall–Kier alpha value is -1.47. The van der Waals surface area contributed by atoms with Gasteiger partial charge in [-0.25, -0.2) is 0 Å². The van der Waals surface area contributed by atoms with E-state index in [0.717, 1.165) is 0 Å². The first-order chi connectivity index (χ1) is 5.86. The first kappa shape index (κ1) is 11.5. The molecule has 0 saturated carbocycles. The van der Waals surface area contributed by atoms with Gasteiger partial charge in [-0.15, -0.1) is 0 Å². The number of carboxylic acid groups (broad SMARTS) is 2. The molecule has 13 heavy (non-hydrogen) atoms. The number of rotatable bonds is 5. The SMILES string of the molecule is O=C([O-])C(=O)C[C@@H](O)[C@H](O)C(=O)[O-]. The van der Waals surface area contributed by atoms with Crippen LogP contribution in [0.15, 0.2) is 0 Å². The molecule has 0 spiro atoms. The molecule has 0 aliphatic heterocycles. The van der Waals surface area contributed by atoms with Gasteiger partial charge in [0.15, 0.2) is 5.78 Å². The van der Waals surface area contributed by atoms with Crippen LogP contribution in [0.3, 0.4) is 0 Å². The summed E-state index contributed by atoms with van der Waals surface area (Å²) in [6.45, 7) is 0. The van der Waals surface area contributed by atoms with Gasteiger partial charge in [-0.05, 0) is 0 Å². The molecule has 0 aromatic heterocycles. The minimum atomic E-state index is -2.29. The fraction of sp³-hybridized carbons (Fsp3) is 0.500. The second-order valence-corrected chi connectivity index (χ2v) is 2.25. The zero-order valence-electron chi connectivity index (χ0n) is 6.30. The van der Waals surface area contributed by atoms with E-state index in [1.807, 2.05) is 0 Å². The number of hydrogen-bond acceptors (Lipinski definition) is 7. The molecule has 0 aliphatic rings. The van der Waals surface area contributed by atoms with Crippen LogP contribution in [0.25, 0.3) is 0 Å². The molecule has 74 valence electrons. The van der Waals surface area contributed by atoms with Crippen molar-refractivity contribution < 1.29 is 34.8 Å². The largest absolute Gasteiger partial charge is 0.547 e. The summed E-state index contributed by atoms with van der Waals surface area (Å²) in [6, 6.07) is 0. The predicted molar refractivity (Wildman–Crippen MR) is 31.7 cm³/mol. The molecule has 0 fully saturated rings. The second kappa shape index (κ2) is 4.53. The number of aliphatic hydroxyl groups is 2. The van der Waals surface area contributed by atoms with Crippen LogP contribution in [0.2, 0.25) is 0 Å². The zero-order valence-corrected chi connectivity index (χ0v) is 6.30. The van der Waals surface area contributed by atoms with Crippen molar-refractivity contribution >= 4 is 17.7 Å². The van der Waals surface area contributed by atoms with Crippen molar-refractivity contribution in [2.24, 2.45) is 0 Å². The maximum atomic E-state index is 10.3. The maximum Gasteiger partial charge on any atom is 0.180 e. The normalized spacial score (nSPS) is 14.6. The van der Waals surface area contributed by atoms with E-state index in [9.17, 15) is 24.6 Å². The number of aliphatic carboxylic acids is 2. The van der Waals surface area contributed by atoms with Crippen molar-refractivity contribution in [2.75, 3.05) is 0 Å². The molecule has 0 heterocycles. The first-order valence-corrected chi connectivity index (χ1v) is 3.17. The van der Waals surface area contributed by atoms with Gasteiger partial charge in [0.25, 0.3) is 0 Å². The first-order valence-electron chi connectivity index (χ1n) is 3.17. The van der Waals surface area contributed by atoms with Crippen molar-refractivity contribution in [3.05, 3.63) is 0 Å². The molecule has 0 saturated heterocycles. The maximum absolute atomic E-state index is 10.3. The van der Waals surface area contributed by atoms with Crippen LogP contribution in [-0.4, -0.2) is 40.1 Å². The molecule has 0 aliphatic carbocycles. The third-order valence-electron chi connectivity index (χ3n) is 1.23. The van der Waals surface area contributed by atoms with Crippen molar-refractivity contribution in [3.63, 3.8) is 0 Å². The highest BCUT2D eigenvalue weighted by molar-refractivity contribution is 6.31. The molecular formula is C6H6O7-2. The molecule has 0 rings (SSSR count). The Morgan fingerprint density at radius 3 is 1.92 bits per heavy atom. The highest BCUT2D eigenvalue weighted by atomic mass is 16.4. The van der Waals surface area contributed by atoms with E-state index in [4.69, 9.17) is 10.2 Å². The van der Waals surface area contributed by atoms with E-state index >= 15 is 0 Å². The lowest BCUT2D eigenvalue weighted by atomic mass is 10.1. The van der Waals surface area contributed by atoms with E-state index in [2.05, 4.69) is 0 Å². The van der Waals surface area contributed by atoms with Crippen LogP contribution in [0.4, 0.5) is 0 Å². The Morgan fingerprint density at radius 2 is 1.62 bits per heavy atom. The van der Waals surface area contributed by atoms with Crippen molar-refractivity contribution in [1.29, 1.82) is 0 Å². The summed E-state index contributed by atoms with van der Waals surface area (Å²) in [5.41, 5.74) is 0. The Balaban J connectivity index is 4.15. The minimum Gasteiger partial charge on any atom is -0.547 e. The Morgan fingerprint density at radius 1 is 1.15 bits per heavy atom. The lowest BCUT2D eigenvalue weighted by molar-refractivity contribution is -0.318. The molecule has 2 atom stereocenters. The average Bonchev–Trinajstić information content (AvgIpc) is 2.02. The fourth-order valence-corrected chi connectivity index (χ4v) is 0.542. The van der Waals surface area contributed by atoms with Gasteiger partial charge in [-0.3, -0.25) is 4.79 Å². The smallest absolute Gasteiger partial charge is 0.180 e. The molecule has 0 aromatic carbocycles. The molecule has 0 radical (unpaired) electrons. The van der Waals surface area contributed by atoms with Gasteiger partial charge in [-0.2, -0.15) is 0 Å². The summed E-state index contributed by atoms with van der Waals surface area (Å²) in [7, 11) is 0. The highest BCUT2D eigenvalue weighted by Crippen LogP contribution is 1.98. The lowest BCUT2D eigenvalue weighted by Crippen LogP contribution is -2.45. The van der Waals surface area contributed by atoms with Gasteiger partial charge in [0.05, 0.1) is 12.1 Å². The minimum absolute atomic E-state index is 1.03. The van der Waals surface area contributed by atoms with Crippen molar-refractivity contribution in [2.45, 2.75) is 18.6 Å². The van der Waals surface area contributed by atoms with Crippen LogP contribution in [0, 0.1) is 0 Å². The van der Waals surface area contributed by atoms with Crippen molar-refractivity contribution in [1.82, 2.24) is 0 Å². The highest BCUT2D eigenvalue weighted by Gasteiger charge is 2.20. The number of ketones is 1. The number of carbonyl (C=O) groups excluding carboxylic acids is 3. The average molecular weight is 190 g/mol. The van der Waals surface area contributed by atoms with Crippen LogP contribution in [0.5, 0.6) is 0 Å². The van der Waals surface area contributed by atoms with Crippen LogP contribution >= 0.6 is 0 Å². The van der Waals surface area contributed by atoms with Crippen LogP contribution in [0.1, 0.15) is 6.42 Å². The predicted octanol–water partition coefficient (Wildman–Crippen LogP) is -4.83. The Kier molecular flexibility index (Phi) is 4.02. The summed E-state index contributed by atoms with van der Waals surface area (Å²) < 4.78 is 0. The van der Waals surface area contributed by atoms with Gasteiger partial charge in [0.1, 0.15) is 12.1 Å². The van der Waals surface area contributed by atoms with E-state index < -0.39 is 36.4 Å². The molecule has 0 aromatic rings. The monoisotopic (exact) mass is 190 g/mol. The summed E-state index contributed by atoms with van der Waals surface area (Å²) in [6.07, 6.45) is -5.32. The van der Waals surface area contributed by atoms with Gasteiger partial charge >= 0.3 is 0 Å². The summed E-state index contributed by atoms with van der Waals surface area (Å²) in [5.74, 6) is -5.53. The van der Waals surface area contributed by atoms with E-state index in [0.29, 0.717) is 0 Å². The number of Topliss-reactive ketones (excluding diaryl/α,β-unsaturated/α-hetero) is 1. The van der Waals surface area contributed by atoms with E-state index in [1.54, 1.807) is 0 Å².